The van der Waals surface area contributed by atoms with Crippen LogP contribution in [-0.2, 0) is 11.2 Å². The quantitative estimate of drug-likeness (QED) is 0.796. The minimum absolute atomic E-state index is 0.171. The molecule has 6 nitrogen and oxygen atoms in total. The highest BCUT2D eigenvalue weighted by atomic mass is 16.5. The lowest BCUT2D eigenvalue weighted by Crippen LogP contribution is -2.20. The lowest BCUT2D eigenvalue weighted by atomic mass is 10.1. The molecule has 0 atom stereocenters. The third-order valence-corrected chi connectivity index (χ3v) is 3.35. The van der Waals surface area contributed by atoms with E-state index in [0.717, 1.165) is 11.3 Å². The molecule has 24 heavy (non-hydrogen) atoms. The number of rotatable bonds is 6. The van der Waals surface area contributed by atoms with E-state index < -0.39 is 11.5 Å². The standard InChI is InChI=1S/C18H18N2O4/c1-12-14(11-17(21)22)18(23)20-16(19-12)10-6-4-8-13-7-3-5-9-15(13)24-2/h3-10H,11H2,1-2H3,(H,21,22)(H,19,20,23)/b8-4+,10-6+. The van der Waals surface area contributed by atoms with Gasteiger partial charge in [-0.25, -0.2) is 4.98 Å². The Morgan fingerprint density at radius 2 is 2.00 bits per heavy atom. The molecule has 6 heteroatoms. The van der Waals surface area contributed by atoms with E-state index in [1.54, 1.807) is 32.3 Å². The smallest absolute Gasteiger partial charge is 0.308 e. The largest absolute Gasteiger partial charge is 0.496 e. The summed E-state index contributed by atoms with van der Waals surface area (Å²) >= 11 is 0. The molecule has 2 aromatic rings. The minimum atomic E-state index is -1.06. The number of nitrogens with zero attached hydrogens (tertiary/aromatic N) is 1. The Kier molecular flexibility index (Phi) is 5.68. The molecule has 1 aromatic carbocycles. The van der Waals surface area contributed by atoms with Crippen molar-refractivity contribution in [3.05, 3.63) is 69.4 Å². The Morgan fingerprint density at radius 1 is 1.29 bits per heavy atom. The van der Waals surface area contributed by atoms with Crippen LogP contribution in [-0.4, -0.2) is 28.2 Å². The van der Waals surface area contributed by atoms with Gasteiger partial charge in [-0.05, 0) is 19.1 Å². The van der Waals surface area contributed by atoms with Crippen LogP contribution in [0.4, 0.5) is 0 Å². The highest BCUT2D eigenvalue weighted by Gasteiger charge is 2.10. The lowest BCUT2D eigenvalue weighted by molar-refractivity contribution is -0.136. The van der Waals surface area contributed by atoms with Gasteiger partial charge in [-0.2, -0.15) is 0 Å². The predicted octanol–water partition coefficient (Wildman–Crippen LogP) is 2.44. The monoisotopic (exact) mass is 326 g/mol. The van der Waals surface area contributed by atoms with Gasteiger partial charge in [0.15, 0.2) is 0 Å². The van der Waals surface area contributed by atoms with Crippen molar-refractivity contribution in [2.45, 2.75) is 13.3 Å². The molecule has 1 heterocycles. The maximum absolute atomic E-state index is 11.9. The summed E-state index contributed by atoms with van der Waals surface area (Å²) in [5.41, 5.74) is 1.08. The first kappa shape index (κ1) is 17.2. The number of carboxylic acids is 1. The van der Waals surface area contributed by atoms with Crippen LogP contribution >= 0.6 is 0 Å². The van der Waals surface area contributed by atoms with Gasteiger partial charge in [0.05, 0.1) is 13.5 Å². The summed E-state index contributed by atoms with van der Waals surface area (Å²) in [4.78, 5) is 29.4. The summed E-state index contributed by atoms with van der Waals surface area (Å²) in [6, 6.07) is 7.60. The molecule has 0 spiro atoms. The Labute approximate surface area is 139 Å². The van der Waals surface area contributed by atoms with E-state index in [1.165, 1.54) is 0 Å². The van der Waals surface area contributed by atoms with Crippen molar-refractivity contribution >= 4 is 18.1 Å². The number of H-pyrrole nitrogens is 1. The highest BCUT2D eigenvalue weighted by Crippen LogP contribution is 2.18. The molecule has 0 fully saturated rings. The molecule has 0 amide bonds. The van der Waals surface area contributed by atoms with Crippen molar-refractivity contribution in [2.75, 3.05) is 7.11 Å². The van der Waals surface area contributed by atoms with Crippen LogP contribution < -0.4 is 10.3 Å². The Bertz CT molecular complexity index is 850. The molecule has 2 rings (SSSR count). The first-order valence-corrected chi connectivity index (χ1v) is 7.30. The molecule has 0 saturated heterocycles. The number of aromatic nitrogens is 2. The number of aromatic amines is 1. The van der Waals surface area contributed by atoms with Gasteiger partial charge in [-0.3, -0.25) is 9.59 Å². The number of aliphatic carboxylic acids is 1. The van der Waals surface area contributed by atoms with E-state index in [1.807, 2.05) is 30.3 Å². The van der Waals surface area contributed by atoms with Crippen molar-refractivity contribution < 1.29 is 14.6 Å². The molecule has 0 radical (unpaired) electrons. The van der Waals surface area contributed by atoms with Crippen LogP contribution in [0, 0.1) is 6.92 Å². The van der Waals surface area contributed by atoms with Crippen LogP contribution in [0.5, 0.6) is 5.75 Å². The van der Waals surface area contributed by atoms with Gasteiger partial charge >= 0.3 is 5.97 Å². The average molecular weight is 326 g/mol. The number of carbonyl (C=O) groups is 1. The molecule has 0 aliphatic carbocycles. The zero-order chi connectivity index (χ0) is 17.5. The third kappa shape index (κ3) is 4.42. The fourth-order valence-electron chi connectivity index (χ4n) is 2.18. The van der Waals surface area contributed by atoms with E-state index in [0.29, 0.717) is 11.5 Å². The van der Waals surface area contributed by atoms with Gasteiger partial charge in [0, 0.05) is 16.8 Å². The van der Waals surface area contributed by atoms with Crippen LogP contribution in [0.2, 0.25) is 0 Å². The van der Waals surface area contributed by atoms with Gasteiger partial charge < -0.3 is 14.8 Å². The van der Waals surface area contributed by atoms with E-state index in [4.69, 9.17) is 9.84 Å². The fourth-order valence-corrected chi connectivity index (χ4v) is 2.18. The van der Waals surface area contributed by atoms with Gasteiger partial charge in [0.2, 0.25) is 0 Å². The third-order valence-electron chi connectivity index (χ3n) is 3.35. The lowest BCUT2D eigenvalue weighted by Gasteiger charge is -2.03. The van der Waals surface area contributed by atoms with E-state index >= 15 is 0 Å². The van der Waals surface area contributed by atoms with Gasteiger partial charge in [-0.15, -0.1) is 0 Å². The summed E-state index contributed by atoms with van der Waals surface area (Å²) in [7, 11) is 1.61. The van der Waals surface area contributed by atoms with Gasteiger partial charge in [0.25, 0.3) is 5.56 Å². The van der Waals surface area contributed by atoms with Gasteiger partial charge in [-0.1, -0.05) is 36.4 Å². The number of methoxy groups -OCH3 is 1. The maximum atomic E-state index is 11.9. The molecule has 124 valence electrons. The second-order valence-corrected chi connectivity index (χ2v) is 5.05. The summed E-state index contributed by atoms with van der Waals surface area (Å²) < 4.78 is 5.25. The number of ether oxygens (including phenoxy) is 1. The van der Waals surface area contributed by atoms with Crippen molar-refractivity contribution in [1.29, 1.82) is 0 Å². The number of carboxylic acid groups (broad SMARTS) is 1. The maximum Gasteiger partial charge on any atom is 0.308 e. The molecule has 1 aromatic heterocycles. The minimum Gasteiger partial charge on any atom is -0.496 e. The zero-order valence-electron chi connectivity index (χ0n) is 13.4. The number of benzene rings is 1. The van der Waals surface area contributed by atoms with E-state index in [9.17, 15) is 9.59 Å². The zero-order valence-corrected chi connectivity index (χ0v) is 13.4. The number of aryl methyl sites for hydroxylation is 1. The molecule has 0 aliphatic rings. The number of allylic oxidation sites excluding steroid dienone is 2. The van der Waals surface area contributed by atoms with Crippen LogP contribution in [0.1, 0.15) is 22.6 Å². The number of para-hydroxylation sites is 1. The Morgan fingerprint density at radius 3 is 2.67 bits per heavy atom. The van der Waals surface area contributed by atoms with Crippen molar-refractivity contribution in [1.82, 2.24) is 9.97 Å². The second-order valence-electron chi connectivity index (χ2n) is 5.05. The Balaban J connectivity index is 2.16. The van der Waals surface area contributed by atoms with E-state index in [2.05, 4.69) is 9.97 Å². The van der Waals surface area contributed by atoms with Crippen molar-refractivity contribution in [3.8, 4) is 5.75 Å². The van der Waals surface area contributed by atoms with Gasteiger partial charge in [0.1, 0.15) is 11.6 Å². The number of nitrogens with one attached hydrogen (secondary N) is 1. The summed E-state index contributed by atoms with van der Waals surface area (Å²) in [6.45, 7) is 1.62. The molecule has 0 bridgehead atoms. The van der Waals surface area contributed by atoms with Crippen LogP contribution in [0.15, 0.2) is 41.2 Å². The van der Waals surface area contributed by atoms with E-state index in [-0.39, 0.29) is 12.0 Å². The van der Waals surface area contributed by atoms with Crippen LogP contribution in [0.3, 0.4) is 0 Å². The molecule has 0 aliphatic heterocycles. The van der Waals surface area contributed by atoms with Crippen molar-refractivity contribution in [3.63, 3.8) is 0 Å². The molecular weight excluding hydrogens is 308 g/mol. The fraction of sp³-hybridized carbons (Fsp3) is 0.167. The number of hydrogen-bond acceptors (Lipinski definition) is 4. The average Bonchev–Trinajstić information content (AvgIpc) is 2.55. The molecular formula is C18H18N2O4. The SMILES string of the molecule is COc1ccccc1/C=C/C=C/c1nc(C)c(CC(=O)O)c(=O)[nH]1. The summed E-state index contributed by atoms with van der Waals surface area (Å²) in [5, 5.41) is 8.80. The topological polar surface area (TPSA) is 92.3 Å². The molecule has 2 N–H and O–H groups in total. The Hall–Kier alpha value is -3.15. The van der Waals surface area contributed by atoms with Crippen LogP contribution in [0.25, 0.3) is 12.2 Å². The first-order chi connectivity index (χ1) is 11.5. The van der Waals surface area contributed by atoms with Crippen molar-refractivity contribution in [2.24, 2.45) is 0 Å². The number of hydrogen-bond donors (Lipinski definition) is 2. The normalized spacial score (nSPS) is 11.2. The second kappa shape index (κ2) is 7.92. The summed E-state index contributed by atoms with van der Waals surface area (Å²) in [5.74, 6) is 0.0762. The molecule has 0 saturated carbocycles. The molecule has 0 unspecified atom stereocenters. The summed E-state index contributed by atoms with van der Waals surface area (Å²) in [6.07, 6.45) is 6.72. The first-order valence-electron chi connectivity index (χ1n) is 7.30. The predicted molar refractivity (Wildman–Crippen MR) is 92.0 cm³/mol. The highest BCUT2D eigenvalue weighted by molar-refractivity contribution is 5.70.